The second-order valence-corrected chi connectivity index (χ2v) is 7.42. The fourth-order valence-corrected chi connectivity index (χ4v) is 3.77. The molecular weight excluding hydrogens is 395 g/mol. The number of carbonyl (C=O) groups excluding carboxylic acids is 3. The highest BCUT2D eigenvalue weighted by Gasteiger charge is 2.27. The number of hydrogen-bond donors (Lipinski definition) is 1. The van der Waals surface area contributed by atoms with Gasteiger partial charge in [-0.1, -0.05) is 0 Å². The zero-order valence-corrected chi connectivity index (χ0v) is 16.1. The van der Waals surface area contributed by atoms with Crippen LogP contribution in [-0.4, -0.2) is 29.3 Å². The van der Waals surface area contributed by atoms with Crippen LogP contribution in [0.1, 0.15) is 39.3 Å². The van der Waals surface area contributed by atoms with Gasteiger partial charge in [-0.25, -0.2) is 14.2 Å². The Kier molecular flexibility index (Phi) is 4.94. The summed E-state index contributed by atoms with van der Waals surface area (Å²) in [6.45, 7) is 1.33. The van der Waals surface area contributed by atoms with Crippen LogP contribution in [-0.2, 0) is 9.53 Å². The minimum atomic E-state index is -0.714. The Hall–Kier alpha value is -3.39. The summed E-state index contributed by atoms with van der Waals surface area (Å²) in [5, 5.41) is 4.82. The number of Topliss-reactive ketones (excluding diaryl/α,β-unsaturated/α-hetero) is 1. The van der Waals surface area contributed by atoms with Gasteiger partial charge in [-0.05, 0) is 55.0 Å². The van der Waals surface area contributed by atoms with Gasteiger partial charge in [0.05, 0.1) is 5.92 Å². The molecule has 0 bridgehead atoms. The fraction of sp³-hybridized carbons (Fsp3) is 0.143. The number of rotatable bonds is 5. The van der Waals surface area contributed by atoms with Crippen LogP contribution in [0.2, 0.25) is 0 Å². The van der Waals surface area contributed by atoms with Gasteiger partial charge in [0.2, 0.25) is 5.91 Å². The summed E-state index contributed by atoms with van der Waals surface area (Å²) < 4.78 is 18.1. The van der Waals surface area contributed by atoms with Crippen molar-refractivity contribution in [2.24, 2.45) is 0 Å². The molecule has 3 aromatic rings. The molecule has 1 N–H and O–H groups in total. The zero-order valence-electron chi connectivity index (χ0n) is 15.3. The number of hydrogen-bond acceptors (Lipinski definition) is 6. The molecule has 2 aromatic carbocycles. The van der Waals surface area contributed by atoms with Gasteiger partial charge in [0.25, 0.3) is 0 Å². The number of benzene rings is 2. The van der Waals surface area contributed by atoms with Crippen molar-refractivity contribution >= 4 is 34.7 Å². The molecule has 0 spiro atoms. The van der Waals surface area contributed by atoms with E-state index >= 15 is 0 Å². The Morgan fingerprint density at radius 3 is 2.72 bits per heavy atom. The third-order valence-electron chi connectivity index (χ3n) is 4.63. The van der Waals surface area contributed by atoms with Crippen LogP contribution in [0, 0.1) is 5.82 Å². The highest BCUT2D eigenvalue weighted by Crippen LogP contribution is 2.32. The number of ketones is 1. The van der Waals surface area contributed by atoms with E-state index in [1.165, 1.54) is 28.8 Å². The summed E-state index contributed by atoms with van der Waals surface area (Å²) in [5.41, 5.74) is 2.56. The number of esters is 1. The first-order valence-electron chi connectivity index (χ1n) is 8.79. The van der Waals surface area contributed by atoms with Crippen molar-refractivity contribution in [2.75, 3.05) is 11.9 Å². The summed E-state index contributed by atoms with van der Waals surface area (Å²) in [6.07, 6.45) is 0. The van der Waals surface area contributed by atoms with Gasteiger partial charge < -0.3 is 10.1 Å². The van der Waals surface area contributed by atoms with Gasteiger partial charge in [-0.15, -0.1) is 11.3 Å². The maximum absolute atomic E-state index is 13.0. The van der Waals surface area contributed by atoms with Crippen molar-refractivity contribution in [3.8, 4) is 10.6 Å². The van der Waals surface area contributed by atoms with E-state index in [9.17, 15) is 18.8 Å². The number of nitrogens with one attached hydrogen (secondary N) is 1. The van der Waals surface area contributed by atoms with Gasteiger partial charge in [-0.2, -0.15) is 0 Å². The standard InChI is InChI=1S/C21H15FN2O4S/c1-11-15-8-13(4-7-16(15)23-19(11)26)18(25)9-28-21(27)17-10-29-20(24-17)12-2-5-14(22)6-3-12/h2-8,10-11H,9H2,1H3,(H,23,26)/t11-/m0/s1. The number of anilines is 1. The van der Waals surface area contributed by atoms with Crippen molar-refractivity contribution in [3.63, 3.8) is 0 Å². The number of fused-ring (bicyclic) bond motifs is 1. The maximum atomic E-state index is 13.0. The molecule has 8 heteroatoms. The molecule has 146 valence electrons. The lowest BCUT2D eigenvalue weighted by Gasteiger charge is -2.06. The van der Waals surface area contributed by atoms with E-state index in [1.807, 2.05) is 0 Å². The summed E-state index contributed by atoms with van der Waals surface area (Å²) in [4.78, 5) is 40.5. The van der Waals surface area contributed by atoms with Crippen molar-refractivity contribution in [3.05, 3.63) is 70.5 Å². The van der Waals surface area contributed by atoms with Crippen LogP contribution in [0.4, 0.5) is 10.1 Å². The van der Waals surface area contributed by atoms with Gasteiger partial charge in [0.15, 0.2) is 18.1 Å². The lowest BCUT2D eigenvalue weighted by molar-refractivity contribution is -0.116. The first-order valence-corrected chi connectivity index (χ1v) is 9.67. The van der Waals surface area contributed by atoms with E-state index in [-0.39, 0.29) is 29.1 Å². The Bertz CT molecular complexity index is 1120. The third-order valence-corrected chi connectivity index (χ3v) is 5.52. The number of nitrogens with zero attached hydrogens (tertiary/aromatic N) is 1. The third kappa shape index (κ3) is 3.79. The normalized spacial score (nSPS) is 15.0. The minimum absolute atomic E-state index is 0.0829. The van der Waals surface area contributed by atoms with E-state index in [0.29, 0.717) is 21.8 Å². The van der Waals surface area contributed by atoms with E-state index in [4.69, 9.17) is 4.74 Å². The van der Waals surface area contributed by atoms with Gasteiger partial charge in [0.1, 0.15) is 10.8 Å². The summed E-state index contributed by atoms with van der Waals surface area (Å²) in [5.74, 6) is -1.89. The van der Waals surface area contributed by atoms with Crippen LogP contribution in [0.3, 0.4) is 0 Å². The van der Waals surface area contributed by atoms with Crippen LogP contribution < -0.4 is 5.32 Å². The molecule has 6 nitrogen and oxygen atoms in total. The van der Waals surface area contributed by atoms with Crippen molar-refractivity contribution in [1.82, 2.24) is 4.98 Å². The minimum Gasteiger partial charge on any atom is -0.453 e. The van der Waals surface area contributed by atoms with E-state index in [0.717, 1.165) is 5.56 Å². The van der Waals surface area contributed by atoms with Crippen LogP contribution in [0.5, 0.6) is 0 Å². The Morgan fingerprint density at radius 1 is 1.21 bits per heavy atom. The molecule has 0 saturated carbocycles. The number of halogens is 1. The number of thiazole rings is 1. The Morgan fingerprint density at radius 2 is 1.97 bits per heavy atom. The van der Waals surface area contributed by atoms with Gasteiger partial charge in [0, 0.05) is 22.2 Å². The average molecular weight is 410 g/mol. The molecule has 0 saturated heterocycles. The molecular formula is C21H15FN2O4S. The van der Waals surface area contributed by atoms with Gasteiger partial charge in [-0.3, -0.25) is 9.59 Å². The molecule has 4 rings (SSSR count). The smallest absolute Gasteiger partial charge is 0.358 e. The van der Waals surface area contributed by atoms with Gasteiger partial charge >= 0.3 is 5.97 Å². The average Bonchev–Trinajstić information content (AvgIpc) is 3.32. The van der Waals surface area contributed by atoms with Crippen LogP contribution in [0.15, 0.2) is 47.8 Å². The molecule has 0 aliphatic carbocycles. The SMILES string of the molecule is C[C@@H]1C(=O)Nc2ccc(C(=O)COC(=O)c3csc(-c4ccc(F)cc4)n3)cc21. The number of ether oxygens (including phenoxy) is 1. The molecule has 1 aliphatic rings. The fourth-order valence-electron chi connectivity index (χ4n) is 2.97. The number of aromatic nitrogens is 1. The predicted molar refractivity (Wildman–Crippen MR) is 106 cm³/mol. The van der Waals surface area contributed by atoms with Crippen molar-refractivity contribution in [2.45, 2.75) is 12.8 Å². The van der Waals surface area contributed by atoms with Crippen LogP contribution in [0.25, 0.3) is 10.6 Å². The molecule has 2 heterocycles. The monoisotopic (exact) mass is 410 g/mol. The number of amides is 1. The summed E-state index contributed by atoms with van der Waals surface area (Å²) in [6, 6.07) is 10.7. The molecule has 1 atom stereocenters. The van der Waals surface area contributed by atoms with Crippen molar-refractivity contribution in [1.29, 1.82) is 0 Å². The molecule has 1 aliphatic heterocycles. The highest BCUT2D eigenvalue weighted by molar-refractivity contribution is 7.13. The quantitative estimate of drug-likeness (QED) is 0.507. The Balaban J connectivity index is 1.41. The van der Waals surface area contributed by atoms with Crippen molar-refractivity contribution < 1.29 is 23.5 Å². The first kappa shape index (κ1) is 18.9. The molecule has 1 amide bonds. The molecule has 29 heavy (non-hydrogen) atoms. The first-order chi connectivity index (χ1) is 13.9. The zero-order chi connectivity index (χ0) is 20.5. The van der Waals surface area contributed by atoms with E-state index in [1.54, 1.807) is 37.3 Å². The second-order valence-electron chi connectivity index (χ2n) is 6.56. The maximum Gasteiger partial charge on any atom is 0.358 e. The topological polar surface area (TPSA) is 85.4 Å². The largest absolute Gasteiger partial charge is 0.453 e. The molecule has 0 unspecified atom stereocenters. The Labute approximate surface area is 169 Å². The molecule has 0 fully saturated rings. The lowest BCUT2D eigenvalue weighted by Crippen LogP contribution is -2.14. The van der Waals surface area contributed by atoms with E-state index in [2.05, 4.69) is 10.3 Å². The predicted octanol–water partition coefficient (Wildman–Crippen LogP) is 4.04. The number of carbonyl (C=O) groups is 3. The highest BCUT2D eigenvalue weighted by atomic mass is 32.1. The lowest BCUT2D eigenvalue weighted by atomic mass is 9.99. The summed E-state index contributed by atoms with van der Waals surface area (Å²) in [7, 11) is 0. The molecule has 1 aromatic heterocycles. The molecule has 0 radical (unpaired) electrons. The van der Waals surface area contributed by atoms with Crippen LogP contribution >= 0.6 is 11.3 Å². The second kappa shape index (κ2) is 7.56. The van der Waals surface area contributed by atoms with E-state index < -0.39 is 12.6 Å². The summed E-state index contributed by atoms with van der Waals surface area (Å²) >= 11 is 1.22.